The van der Waals surface area contributed by atoms with Crippen molar-refractivity contribution in [3.8, 4) is 0 Å². The van der Waals surface area contributed by atoms with Crippen LogP contribution < -0.4 is 0 Å². The minimum absolute atomic E-state index is 0.101. The van der Waals surface area contributed by atoms with E-state index >= 15 is 0 Å². The van der Waals surface area contributed by atoms with Gasteiger partial charge in [0.2, 0.25) is 0 Å². The largest absolute Gasteiger partial charge is 0.330 e. The number of rotatable bonds is 4. The van der Waals surface area contributed by atoms with Gasteiger partial charge in [-0.1, -0.05) is 12.1 Å². The fourth-order valence-corrected chi connectivity index (χ4v) is 4.28. The van der Waals surface area contributed by atoms with Crippen LogP contribution in [0.2, 0.25) is 0 Å². The van der Waals surface area contributed by atoms with E-state index in [4.69, 9.17) is 0 Å². The monoisotopic (exact) mass is 349 g/mol. The van der Waals surface area contributed by atoms with Crippen molar-refractivity contribution >= 4 is 5.91 Å². The summed E-state index contributed by atoms with van der Waals surface area (Å²) in [7, 11) is 4.11. The average Bonchev–Trinajstić information content (AvgIpc) is 3.30. The van der Waals surface area contributed by atoms with Gasteiger partial charge in [-0.05, 0) is 81.1 Å². The first-order valence-electron chi connectivity index (χ1n) is 9.64. The van der Waals surface area contributed by atoms with Crippen LogP contribution in [0, 0.1) is 0 Å². The molecule has 1 fully saturated rings. The fraction of sp³-hybridized carbons (Fsp3) is 0.455. The molecule has 1 aliphatic heterocycles. The Kier molecular flexibility index (Phi) is 4.77. The molecule has 0 radical (unpaired) electrons. The molecular formula is C22H27N3O. The number of amides is 1. The molecule has 4 rings (SSSR count). The molecule has 1 aromatic carbocycles. The van der Waals surface area contributed by atoms with Crippen molar-refractivity contribution in [2.45, 2.75) is 44.7 Å². The number of likely N-dealkylation sites (tertiary alicyclic amines) is 1. The van der Waals surface area contributed by atoms with Gasteiger partial charge in [0.05, 0.1) is 11.7 Å². The lowest BCUT2D eigenvalue weighted by atomic mass is 10.0. The highest BCUT2D eigenvalue weighted by Crippen LogP contribution is 2.33. The third-order valence-corrected chi connectivity index (χ3v) is 5.55. The Morgan fingerprint density at radius 2 is 2.00 bits per heavy atom. The van der Waals surface area contributed by atoms with Gasteiger partial charge in [0.15, 0.2) is 0 Å². The Balaban J connectivity index is 1.53. The lowest BCUT2D eigenvalue weighted by Gasteiger charge is -2.25. The lowest BCUT2D eigenvalue weighted by Crippen LogP contribution is -2.31. The summed E-state index contributed by atoms with van der Waals surface area (Å²) >= 11 is 0. The van der Waals surface area contributed by atoms with E-state index in [1.54, 1.807) is 0 Å². The highest BCUT2D eigenvalue weighted by Gasteiger charge is 2.31. The van der Waals surface area contributed by atoms with Gasteiger partial charge in [-0.25, -0.2) is 0 Å². The predicted octanol–water partition coefficient (Wildman–Crippen LogP) is 3.61. The van der Waals surface area contributed by atoms with Crippen molar-refractivity contribution < 1.29 is 4.79 Å². The molecule has 4 heteroatoms. The first-order valence-corrected chi connectivity index (χ1v) is 9.64. The number of fused-ring (bicyclic) bond motifs is 1. The summed E-state index contributed by atoms with van der Waals surface area (Å²) < 4.78 is 0. The zero-order valence-corrected chi connectivity index (χ0v) is 15.7. The molecule has 2 aromatic rings. The second kappa shape index (κ2) is 7.20. The number of aryl methyl sites for hydroxylation is 2. The van der Waals surface area contributed by atoms with E-state index in [1.807, 2.05) is 17.2 Å². The molecular weight excluding hydrogens is 322 g/mol. The van der Waals surface area contributed by atoms with Crippen LogP contribution in [-0.4, -0.2) is 41.3 Å². The van der Waals surface area contributed by atoms with Crippen LogP contribution in [0.3, 0.4) is 0 Å². The van der Waals surface area contributed by atoms with E-state index in [-0.39, 0.29) is 11.9 Å². The van der Waals surface area contributed by atoms with Gasteiger partial charge in [0, 0.05) is 24.8 Å². The second-order valence-electron chi connectivity index (χ2n) is 7.82. The van der Waals surface area contributed by atoms with Crippen molar-refractivity contribution in [3.63, 3.8) is 0 Å². The van der Waals surface area contributed by atoms with Gasteiger partial charge in [0.1, 0.15) is 0 Å². The van der Waals surface area contributed by atoms with E-state index in [0.717, 1.165) is 50.0 Å². The highest BCUT2D eigenvalue weighted by atomic mass is 16.2. The zero-order chi connectivity index (χ0) is 18.1. The average molecular weight is 349 g/mol. The van der Waals surface area contributed by atoms with E-state index in [1.165, 1.54) is 23.1 Å². The number of pyridine rings is 1. The van der Waals surface area contributed by atoms with E-state index < -0.39 is 0 Å². The molecule has 2 heterocycles. The fourth-order valence-electron chi connectivity index (χ4n) is 4.28. The van der Waals surface area contributed by atoms with Crippen LogP contribution >= 0.6 is 0 Å². The van der Waals surface area contributed by atoms with Crippen molar-refractivity contribution in [1.82, 2.24) is 14.8 Å². The van der Waals surface area contributed by atoms with Gasteiger partial charge in [-0.15, -0.1) is 0 Å². The maximum atomic E-state index is 13.1. The van der Waals surface area contributed by atoms with E-state index in [9.17, 15) is 4.79 Å². The van der Waals surface area contributed by atoms with E-state index in [2.05, 4.69) is 48.2 Å². The summed E-state index contributed by atoms with van der Waals surface area (Å²) in [4.78, 5) is 22.0. The molecule has 1 atom stereocenters. The van der Waals surface area contributed by atoms with Crippen LogP contribution in [0.15, 0.2) is 36.5 Å². The first kappa shape index (κ1) is 17.2. The Morgan fingerprint density at radius 1 is 1.15 bits per heavy atom. The number of benzene rings is 1. The maximum absolute atomic E-state index is 13.1. The SMILES string of the molecule is CN(C)Cc1ccc([C@@H]2CCCN2C(=O)c2ccc3c(c2)CCC3)nc1. The number of aromatic nitrogens is 1. The Hall–Kier alpha value is -2.20. The summed E-state index contributed by atoms with van der Waals surface area (Å²) in [5, 5.41) is 0. The smallest absolute Gasteiger partial charge is 0.254 e. The lowest BCUT2D eigenvalue weighted by molar-refractivity contribution is 0.0733. The summed E-state index contributed by atoms with van der Waals surface area (Å²) in [6.45, 7) is 1.71. The summed E-state index contributed by atoms with van der Waals surface area (Å²) in [6.07, 6.45) is 7.46. The van der Waals surface area contributed by atoms with Crippen LogP contribution in [-0.2, 0) is 19.4 Å². The van der Waals surface area contributed by atoms with Crippen LogP contribution in [0.4, 0.5) is 0 Å². The summed E-state index contributed by atoms with van der Waals surface area (Å²) in [6, 6.07) is 10.6. The number of carbonyl (C=O) groups excluding carboxylic acids is 1. The highest BCUT2D eigenvalue weighted by molar-refractivity contribution is 5.95. The maximum Gasteiger partial charge on any atom is 0.254 e. The molecule has 0 bridgehead atoms. The van der Waals surface area contributed by atoms with Gasteiger partial charge >= 0.3 is 0 Å². The number of hydrogen-bond donors (Lipinski definition) is 0. The molecule has 4 nitrogen and oxygen atoms in total. The molecule has 1 aliphatic carbocycles. The molecule has 136 valence electrons. The minimum atomic E-state index is 0.101. The Labute approximate surface area is 155 Å². The van der Waals surface area contributed by atoms with Gasteiger partial charge in [-0.3, -0.25) is 9.78 Å². The van der Waals surface area contributed by atoms with E-state index in [0.29, 0.717) is 0 Å². The van der Waals surface area contributed by atoms with Crippen molar-refractivity contribution in [3.05, 3.63) is 64.5 Å². The summed E-state index contributed by atoms with van der Waals surface area (Å²) in [5.74, 6) is 0.154. The molecule has 0 saturated carbocycles. The molecule has 1 amide bonds. The third-order valence-electron chi connectivity index (χ3n) is 5.55. The van der Waals surface area contributed by atoms with Gasteiger partial charge in [0.25, 0.3) is 5.91 Å². The van der Waals surface area contributed by atoms with Crippen LogP contribution in [0.1, 0.15) is 58.0 Å². The summed E-state index contributed by atoms with van der Waals surface area (Å²) in [5.41, 5.74) is 5.82. The van der Waals surface area contributed by atoms with Gasteiger partial charge in [-0.2, -0.15) is 0 Å². The molecule has 0 spiro atoms. The van der Waals surface area contributed by atoms with Crippen LogP contribution in [0.5, 0.6) is 0 Å². The zero-order valence-electron chi connectivity index (χ0n) is 15.7. The quantitative estimate of drug-likeness (QED) is 0.846. The minimum Gasteiger partial charge on any atom is -0.330 e. The Morgan fingerprint density at radius 3 is 2.77 bits per heavy atom. The van der Waals surface area contributed by atoms with Crippen LogP contribution in [0.25, 0.3) is 0 Å². The standard InChI is InChI=1S/C22H27N3O/c1-24(2)15-16-8-11-20(23-14-16)21-7-4-12-25(21)22(26)19-10-9-17-5-3-6-18(17)13-19/h8-11,13-14,21H,3-7,12,15H2,1-2H3/t21-/m0/s1. The van der Waals surface area contributed by atoms with Gasteiger partial charge < -0.3 is 9.80 Å². The molecule has 2 aliphatic rings. The molecule has 1 aromatic heterocycles. The Bertz CT molecular complexity index is 798. The predicted molar refractivity (Wildman–Crippen MR) is 103 cm³/mol. The molecule has 26 heavy (non-hydrogen) atoms. The number of hydrogen-bond acceptors (Lipinski definition) is 3. The molecule has 0 N–H and O–H groups in total. The topological polar surface area (TPSA) is 36.4 Å². The second-order valence-corrected chi connectivity index (χ2v) is 7.82. The normalized spacial score (nSPS) is 19.2. The molecule has 0 unspecified atom stereocenters. The van der Waals surface area contributed by atoms with Crippen molar-refractivity contribution in [2.24, 2.45) is 0 Å². The first-order chi connectivity index (χ1) is 12.6. The van der Waals surface area contributed by atoms with Crippen molar-refractivity contribution in [1.29, 1.82) is 0 Å². The van der Waals surface area contributed by atoms with Crippen molar-refractivity contribution in [2.75, 3.05) is 20.6 Å². The molecule has 1 saturated heterocycles. The number of nitrogens with zero attached hydrogens (tertiary/aromatic N) is 3. The third kappa shape index (κ3) is 3.38. The number of carbonyl (C=O) groups is 1.